The molecule has 0 aliphatic rings. The number of ether oxygens (including phenoxy) is 1. The van der Waals surface area contributed by atoms with E-state index in [4.69, 9.17) is 9.57 Å². The van der Waals surface area contributed by atoms with Crippen molar-refractivity contribution in [2.75, 3.05) is 24.5 Å². The molecule has 1 radical (unpaired) electrons. The quantitative estimate of drug-likeness (QED) is 0.0693. The van der Waals surface area contributed by atoms with Gasteiger partial charge >= 0.3 is 0 Å². The molecule has 279 valence electrons. The highest BCUT2D eigenvalue weighted by Crippen LogP contribution is 2.35. The Morgan fingerprint density at radius 1 is 0.735 bits per heavy atom. The summed E-state index contributed by atoms with van der Waals surface area (Å²) in [5.74, 6) is 0.297. The van der Waals surface area contributed by atoms with E-state index in [1.54, 1.807) is 31.5 Å². The van der Waals surface area contributed by atoms with Gasteiger partial charge in [-0.2, -0.15) is 0 Å². The van der Waals surface area contributed by atoms with Gasteiger partial charge in [0.2, 0.25) is 0 Å². The summed E-state index contributed by atoms with van der Waals surface area (Å²) in [5.41, 5.74) is 0.827. The Hall–Kier alpha value is -2.14. The van der Waals surface area contributed by atoms with Gasteiger partial charge in [0.05, 0.1) is 23.8 Å². The number of hydrogen-bond donors (Lipinski definition) is 1. The summed E-state index contributed by atoms with van der Waals surface area (Å²) in [6, 6.07) is 11.4. The van der Waals surface area contributed by atoms with Gasteiger partial charge in [-0.1, -0.05) is 142 Å². The molecule has 0 aliphatic carbocycles. The van der Waals surface area contributed by atoms with Gasteiger partial charge in [0.25, 0.3) is 20.0 Å². The maximum absolute atomic E-state index is 14.1. The zero-order valence-corrected chi connectivity index (χ0v) is 32.9. The number of sulfonamides is 2. The molecule has 1 N–H and O–H groups in total. The molecular formula is C39H65N2O6S2. The van der Waals surface area contributed by atoms with E-state index in [0.29, 0.717) is 12.4 Å². The molecule has 2 aromatic carbocycles. The van der Waals surface area contributed by atoms with Crippen molar-refractivity contribution >= 4 is 25.7 Å². The Balaban J connectivity index is 2.31. The lowest BCUT2D eigenvalue weighted by Crippen LogP contribution is -2.32. The van der Waals surface area contributed by atoms with Gasteiger partial charge in [-0.25, -0.2) is 16.8 Å². The minimum Gasteiger partial charge on any atom is -0.492 e. The van der Waals surface area contributed by atoms with Crippen molar-refractivity contribution in [3.05, 3.63) is 54.4 Å². The number of nitrogens with zero attached hydrogens (tertiary/aromatic N) is 1. The molecule has 0 saturated carbocycles. The summed E-state index contributed by atoms with van der Waals surface area (Å²) >= 11 is 0. The number of anilines is 1. The monoisotopic (exact) mass is 721 g/mol. The van der Waals surface area contributed by atoms with Crippen LogP contribution >= 0.6 is 0 Å². The van der Waals surface area contributed by atoms with E-state index >= 15 is 0 Å². The van der Waals surface area contributed by atoms with Crippen molar-refractivity contribution in [2.24, 2.45) is 0 Å². The van der Waals surface area contributed by atoms with Crippen molar-refractivity contribution in [1.29, 1.82) is 0 Å². The molecule has 0 bridgehead atoms. The van der Waals surface area contributed by atoms with Crippen LogP contribution in [-0.4, -0.2) is 41.1 Å². The highest BCUT2D eigenvalue weighted by Gasteiger charge is 2.28. The van der Waals surface area contributed by atoms with Crippen LogP contribution in [0.1, 0.15) is 150 Å². The largest absolute Gasteiger partial charge is 0.492 e. The van der Waals surface area contributed by atoms with Crippen molar-refractivity contribution < 1.29 is 26.4 Å². The summed E-state index contributed by atoms with van der Waals surface area (Å²) in [6.07, 6.45) is 18.9. The molecule has 0 amide bonds. The lowest BCUT2D eigenvalue weighted by Gasteiger charge is -2.26. The average Bonchev–Trinajstić information content (AvgIpc) is 3.07. The van der Waals surface area contributed by atoms with Crippen LogP contribution in [0.5, 0.6) is 5.75 Å². The highest BCUT2D eigenvalue weighted by atomic mass is 32.2. The molecule has 0 aromatic heterocycles. The fraction of sp³-hybridized carbons (Fsp3) is 0.667. The highest BCUT2D eigenvalue weighted by molar-refractivity contribution is 7.92. The van der Waals surface area contributed by atoms with Gasteiger partial charge in [-0.3, -0.25) is 9.56 Å². The third-order valence-corrected chi connectivity index (χ3v) is 11.9. The van der Waals surface area contributed by atoms with Gasteiger partial charge in [0, 0.05) is 6.54 Å². The Bertz CT molecular complexity index is 1430. The van der Waals surface area contributed by atoms with Crippen molar-refractivity contribution in [2.45, 2.75) is 159 Å². The summed E-state index contributed by atoms with van der Waals surface area (Å²) in [5, 5.41) is 0. The molecule has 0 unspecified atom stereocenters. The molecule has 0 spiro atoms. The van der Waals surface area contributed by atoms with Crippen LogP contribution in [0.3, 0.4) is 0 Å². The van der Waals surface area contributed by atoms with E-state index in [-0.39, 0.29) is 34.0 Å². The zero-order chi connectivity index (χ0) is 36.2. The molecule has 2 rings (SSSR count). The molecule has 8 nitrogen and oxygen atoms in total. The number of hydroxylamine groups is 1. The van der Waals surface area contributed by atoms with Crippen LogP contribution in [0, 0.1) is 6.42 Å². The molecule has 49 heavy (non-hydrogen) atoms. The minimum atomic E-state index is -4.15. The van der Waals surface area contributed by atoms with Crippen LogP contribution in [0.25, 0.3) is 0 Å². The van der Waals surface area contributed by atoms with Gasteiger partial charge in [-0.15, -0.1) is 0 Å². The topological polar surface area (TPSA) is 102 Å². The first-order chi connectivity index (χ1) is 23.4. The second kappa shape index (κ2) is 22.6. The SMILES string of the molecule is C[CH]CN(OCCCCCCCC)S(=O)(=O)c1cccc(NS(=O)(=O)c2cc(C(C)(C)CCCCC)ccc2OCCCCCCCC)c1. The number of unbranched alkanes of at least 4 members (excludes halogenated alkanes) is 12. The summed E-state index contributed by atoms with van der Waals surface area (Å²) in [4.78, 5) is 5.75. The Kier molecular flexibility index (Phi) is 19.9. The third kappa shape index (κ3) is 14.9. The lowest BCUT2D eigenvalue weighted by molar-refractivity contribution is -0.0800. The van der Waals surface area contributed by atoms with Gasteiger partial charge < -0.3 is 4.74 Å². The van der Waals surface area contributed by atoms with Crippen LogP contribution < -0.4 is 9.46 Å². The number of nitrogens with one attached hydrogen (secondary N) is 1. The summed E-state index contributed by atoms with van der Waals surface area (Å²) in [7, 11) is -8.20. The molecule has 10 heteroatoms. The Morgan fingerprint density at radius 3 is 1.96 bits per heavy atom. The van der Waals surface area contributed by atoms with Crippen molar-refractivity contribution in [3.8, 4) is 5.75 Å². The normalized spacial score (nSPS) is 12.5. The van der Waals surface area contributed by atoms with Gasteiger partial charge in [0.1, 0.15) is 10.6 Å². The average molecular weight is 722 g/mol. The first-order valence-corrected chi connectivity index (χ1v) is 21.7. The second-order valence-electron chi connectivity index (χ2n) is 13.8. The molecule has 0 heterocycles. The maximum Gasteiger partial charge on any atom is 0.265 e. The first kappa shape index (κ1) is 43.0. The number of rotatable bonds is 28. The number of hydrogen-bond acceptors (Lipinski definition) is 6. The van der Waals surface area contributed by atoms with Gasteiger partial charge in [0.15, 0.2) is 0 Å². The minimum absolute atomic E-state index is 0.0529. The zero-order valence-electron chi connectivity index (χ0n) is 31.3. The van der Waals surface area contributed by atoms with E-state index in [2.05, 4.69) is 39.3 Å². The van der Waals surface area contributed by atoms with E-state index in [9.17, 15) is 16.8 Å². The summed E-state index contributed by atoms with van der Waals surface area (Å²) < 4.78 is 65.1. The van der Waals surface area contributed by atoms with E-state index in [1.807, 2.05) is 6.07 Å². The molecule has 0 atom stereocenters. The second-order valence-corrected chi connectivity index (χ2v) is 17.2. The molecular weight excluding hydrogens is 657 g/mol. The molecule has 0 fully saturated rings. The van der Waals surface area contributed by atoms with E-state index in [1.165, 1.54) is 50.3 Å². The fourth-order valence-corrected chi connectivity index (χ4v) is 8.29. The van der Waals surface area contributed by atoms with Crippen LogP contribution in [0.4, 0.5) is 5.69 Å². The molecule has 0 saturated heterocycles. The van der Waals surface area contributed by atoms with Crippen LogP contribution in [-0.2, 0) is 30.3 Å². The molecule has 2 aromatic rings. The lowest BCUT2D eigenvalue weighted by atomic mass is 9.80. The van der Waals surface area contributed by atoms with Crippen LogP contribution in [0.2, 0.25) is 0 Å². The smallest absolute Gasteiger partial charge is 0.265 e. The predicted molar refractivity (Wildman–Crippen MR) is 203 cm³/mol. The van der Waals surface area contributed by atoms with Crippen molar-refractivity contribution in [3.63, 3.8) is 0 Å². The standard InChI is InChI=1S/C39H65N2O6S2/c1-7-11-14-16-18-21-30-46-37-27-26-34(39(5,6)28-20-13-9-3)32-38(37)48(42,43)40-35-24-23-25-36(33-35)49(44,45)41(29-10-4)47-31-22-19-17-15-12-8-2/h10,23-27,32-33,40H,7-9,11-22,28-31H2,1-6H3. The molecule has 0 aliphatic heterocycles. The predicted octanol–water partition coefficient (Wildman–Crippen LogP) is 10.6. The van der Waals surface area contributed by atoms with Crippen molar-refractivity contribution in [1.82, 2.24) is 4.47 Å². The van der Waals surface area contributed by atoms with E-state index in [0.717, 1.165) is 80.7 Å². The Labute approximate surface area is 299 Å². The summed E-state index contributed by atoms with van der Waals surface area (Å²) in [6.45, 7) is 13.4. The third-order valence-electron chi connectivity index (χ3n) is 8.89. The maximum atomic E-state index is 14.1. The fourth-order valence-electron chi connectivity index (χ4n) is 5.75. The van der Waals surface area contributed by atoms with Gasteiger partial charge in [-0.05, 0) is 67.0 Å². The van der Waals surface area contributed by atoms with E-state index < -0.39 is 20.0 Å². The van der Waals surface area contributed by atoms with Crippen LogP contribution in [0.15, 0.2) is 52.3 Å². The Morgan fingerprint density at radius 2 is 1.33 bits per heavy atom. The first-order valence-electron chi connectivity index (χ1n) is 18.8. The number of benzene rings is 2.